The van der Waals surface area contributed by atoms with Gasteiger partial charge in [-0.1, -0.05) is 45.0 Å². The van der Waals surface area contributed by atoms with E-state index < -0.39 is 63.2 Å². The van der Waals surface area contributed by atoms with Gasteiger partial charge in [0, 0.05) is 30.3 Å². The van der Waals surface area contributed by atoms with Crippen LogP contribution in [-0.2, 0) is 38.2 Å². The number of carbonyl (C=O) groups excluding carboxylic acids is 3. The standard InChI is InChI=1S/C30H40O9S/c1-7-24(32)39-28(5)16-23(38-25(33)17-37-40(35,36)21-10-8-18(2)9-11-21)29(6)19(3)12-14-30(20(4)27(28)34)15-13-22(31)26(29)30/h7-11,19-20,23,26-27,34H,1,12-17H2,2-6H3/t19-,20-,23+,26-,27-,28-,29-,30-/m0/s1. The van der Waals surface area contributed by atoms with Crippen molar-refractivity contribution in [3.63, 3.8) is 0 Å². The predicted molar refractivity (Wildman–Crippen MR) is 145 cm³/mol. The van der Waals surface area contributed by atoms with E-state index in [0.717, 1.165) is 18.1 Å². The van der Waals surface area contributed by atoms with Crippen molar-refractivity contribution in [2.24, 2.45) is 28.6 Å². The van der Waals surface area contributed by atoms with Crippen molar-refractivity contribution >= 4 is 27.8 Å². The van der Waals surface area contributed by atoms with E-state index in [2.05, 4.69) is 6.58 Å². The second-order valence-corrected chi connectivity index (χ2v) is 13.9. The number of ether oxygens (including phenoxy) is 2. The summed E-state index contributed by atoms with van der Waals surface area (Å²) in [6.45, 7) is 11.9. The third kappa shape index (κ3) is 5.03. The van der Waals surface area contributed by atoms with Gasteiger partial charge >= 0.3 is 11.9 Å². The molecule has 0 radical (unpaired) electrons. The van der Waals surface area contributed by atoms with E-state index >= 15 is 0 Å². The molecule has 10 heteroatoms. The van der Waals surface area contributed by atoms with Crippen molar-refractivity contribution in [3.8, 4) is 0 Å². The summed E-state index contributed by atoms with van der Waals surface area (Å²) in [6.07, 6.45) is 1.20. The average Bonchev–Trinajstić information content (AvgIpc) is 3.26. The molecule has 1 aromatic rings. The molecule has 0 unspecified atom stereocenters. The highest BCUT2D eigenvalue weighted by molar-refractivity contribution is 7.86. The molecule has 220 valence electrons. The molecule has 2 bridgehead atoms. The number of benzene rings is 1. The summed E-state index contributed by atoms with van der Waals surface area (Å²) in [5, 5.41) is 11.7. The summed E-state index contributed by atoms with van der Waals surface area (Å²) in [5.74, 6) is -2.51. The van der Waals surface area contributed by atoms with E-state index in [1.807, 2.05) is 27.7 Å². The number of rotatable bonds is 7. The van der Waals surface area contributed by atoms with Crippen molar-refractivity contribution in [3.05, 3.63) is 42.5 Å². The van der Waals surface area contributed by atoms with Gasteiger partial charge in [0.15, 0.2) is 6.61 Å². The first kappa shape index (κ1) is 30.4. The molecule has 8 atom stereocenters. The minimum Gasteiger partial charge on any atom is -0.460 e. The molecule has 0 aliphatic heterocycles. The summed E-state index contributed by atoms with van der Waals surface area (Å²) in [5.41, 5.74) is -2.01. The first-order chi connectivity index (χ1) is 18.6. The van der Waals surface area contributed by atoms with Gasteiger partial charge in [-0.3, -0.25) is 8.98 Å². The Morgan fingerprint density at radius 3 is 2.42 bits per heavy atom. The third-order valence-electron chi connectivity index (χ3n) is 10.2. The second kappa shape index (κ2) is 10.7. The lowest BCUT2D eigenvalue weighted by atomic mass is 9.45. The van der Waals surface area contributed by atoms with Crippen LogP contribution >= 0.6 is 0 Å². The topological polar surface area (TPSA) is 133 Å². The normalized spacial score (nSPS) is 37.5. The molecule has 40 heavy (non-hydrogen) atoms. The van der Waals surface area contributed by atoms with Crippen molar-refractivity contribution in [2.75, 3.05) is 6.61 Å². The van der Waals surface area contributed by atoms with Gasteiger partial charge in [0.25, 0.3) is 10.1 Å². The van der Waals surface area contributed by atoms with Gasteiger partial charge in [-0.25, -0.2) is 9.59 Å². The van der Waals surface area contributed by atoms with Crippen molar-refractivity contribution < 1.29 is 41.6 Å². The molecule has 0 saturated heterocycles. The molecule has 0 amide bonds. The van der Waals surface area contributed by atoms with E-state index in [9.17, 15) is 27.9 Å². The molecule has 3 aliphatic carbocycles. The molecule has 4 rings (SSSR count). The van der Waals surface area contributed by atoms with Crippen LogP contribution in [0.25, 0.3) is 0 Å². The summed E-state index contributed by atoms with van der Waals surface area (Å²) >= 11 is 0. The maximum atomic E-state index is 13.5. The molecule has 0 heterocycles. The van der Waals surface area contributed by atoms with Gasteiger partial charge in [-0.2, -0.15) is 8.42 Å². The zero-order valence-corrected chi connectivity index (χ0v) is 24.7. The number of aryl methyl sites for hydroxylation is 1. The SMILES string of the molecule is C=CC(=O)O[C@@]1(C)C[C@@H](OC(=O)COS(=O)(=O)c2ccc(C)cc2)[C@@]2(C)[C@@H]3C(=O)CC[C@@]3(CC[C@@H]2C)[C@@H](C)[C@@H]1O. The second-order valence-electron chi connectivity index (χ2n) is 12.3. The highest BCUT2D eigenvalue weighted by atomic mass is 32.2. The summed E-state index contributed by atoms with van der Waals surface area (Å²) < 4.78 is 42.1. The quantitative estimate of drug-likeness (QED) is 0.291. The number of hydrogen-bond acceptors (Lipinski definition) is 9. The fourth-order valence-corrected chi connectivity index (χ4v) is 8.55. The monoisotopic (exact) mass is 576 g/mol. The van der Waals surface area contributed by atoms with Gasteiger partial charge in [-0.05, 0) is 62.5 Å². The number of esters is 2. The minimum atomic E-state index is -4.23. The zero-order chi connectivity index (χ0) is 29.7. The van der Waals surface area contributed by atoms with Crippen LogP contribution in [0, 0.1) is 35.5 Å². The highest BCUT2D eigenvalue weighted by Gasteiger charge is 2.69. The van der Waals surface area contributed by atoms with Crippen LogP contribution in [0.5, 0.6) is 0 Å². The molecule has 9 nitrogen and oxygen atoms in total. The summed E-state index contributed by atoms with van der Waals surface area (Å²) in [4.78, 5) is 39.0. The number of aliphatic hydroxyl groups excluding tert-OH is 1. The molecule has 3 aliphatic rings. The Labute approximate surface area is 236 Å². The molecule has 3 saturated carbocycles. The van der Waals surface area contributed by atoms with E-state index in [-0.39, 0.29) is 28.9 Å². The Bertz CT molecular complexity index is 1290. The van der Waals surface area contributed by atoms with E-state index in [1.54, 1.807) is 19.1 Å². The van der Waals surface area contributed by atoms with Crippen LogP contribution in [0.2, 0.25) is 0 Å². The van der Waals surface area contributed by atoms with Gasteiger partial charge in [0.2, 0.25) is 0 Å². The minimum absolute atomic E-state index is 0.0514. The maximum absolute atomic E-state index is 13.5. The lowest BCUT2D eigenvalue weighted by Crippen LogP contribution is -2.65. The number of Topliss-reactive ketones (excluding diaryl/α,β-unsaturated/α-hetero) is 1. The Morgan fingerprint density at radius 2 is 1.80 bits per heavy atom. The predicted octanol–water partition coefficient (Wildman–Crippen LogP) is 3.90. The molecule has 1 aromatic carbocycles. The van der Waals surface area contributed by atoms with E-state index in [4.69, 9.17) is 13.7 Å². The van der Waals surface area contributed by atoms with Gasteiger partial charge in [0.1, 0.15) is 17.5 Å². The van der Waals surface area contributed by atoms with Gasteiger partial charge < -0.3 is 14.6 Å². The van der Waals surface area contributed by atoms with E-state index in [0.29, 0.717) is 19.3 Å². The molecule has 0 aromatic heterocycles. The fraction of sp³-hybridized carbons (Fsp3) is 0.633. The highest BCUT2D eigenvalue weighted by Crippen LogP contribution is 2.67. The number of ketones is 1. The first-order valence-electron chi connectivity index (χ1n) is 13.8. The van der Waals surface area contributed by atoms with Gasteiger partial charge in [-0.15, -0.1) is 0 Å². The van der Waals surface area contributed by atoms with Crippen LogP contribution in [0.4, 0.5) is 0 Å². The van der Waals surface area contributed by atoms with Crippen LogP contribution in [0.1, 0.15) is 65.4 Å². The average molecular weight is 577 g/mol. The lowest BCUT2D eigenvalue weighted by Gasteiger charge is -2.61. The van der Waals surface area contributed by atoms with Crippen LogP contribution < -0.4 is 0 Å². The summed E-state index contributed by atoms with van der Waals surface area (Å²) in [6, 6.07) is 6.03. The number of aliphatic hydroxyl groups is 1. The number of carbonyl (C=O) groups is 3. The van der Waals surface area contributed by atoms with Crippen LogP contribution in [0.15, 0.2) is 41.8 Å². The fourth-order valence-electron chi connectivity index (χ4n) is 7.69. The smallest absolute Gasteiger partial charge is 0.333 e. The van der Waals surface area contributed by atoms with Crippen molar-refractivity contribution in [1.82, 2.24) is 0 Å². The first-order valence-corrected chi connectivity index (χ1v) is 15.2. The molecule has 3 fully saturated rings. The maximum Gasteiger partial charge on any atom is 0.333 e. The molecule has 1 N–H and O–H groups in total. The Hall–Kier alpha value is -2.56. The van der Waals surface area contributed by atoms with Gasteiger partial charge in [0.05, 0.1) is 11.0 Å². The van der Waals surface area contributed by atoms with Crippen LogP contribution in [0.3, 0.4) is 0 Å². The third-order valence-corrected chi connectivity index (χ3v) is 11.4. The van der Waals surface area contributed by atoms with Crippen LogP contribution in [-0.4, -0.2) is 55.7 Å². The van der Waals surface area contributed by atoms with Crippen molar-refractivity contribution in [2.45, 2.75) is 89.4 Å². The van der Waals surface area contributed by atoms with Crippen molar-refractivity contribution in [1.29, 1.82) is 0 Å². The molecular weight excluding hydrogens is 536 g/mol. The molecular formula is C30H40O9S. The summed E-state index contributed by atoms with van der Waals surface area (Å²) in [7, 11) is -4.23. The largest absolute Gasteiger partial charge is 0.460 e. The Kier molecular flexibility index (Phi) is 8.12. The van der Waals surface area contributed by atoms with E-state index in [1.165, 1.54) is 12.1 Å². The zero-order valence-electron chi connectivity index (χ0n) is 23.8. The number of hydrogen-bond donors (Lipinski definition) is 1. The Morgan fingerprint density at radius 1 is 1.15 bits per heavy atom. The lowest BCUT2D eigenvalue weighted by molar-refractivity contribution is -0.232. The Balaban J connectivity index is 1.69. The molecule has 0 spiro atoms.